The van der Waals surface area contributed by atoms with Crippen LogP contribution in [0.2, 0.25) is 0 Å². The second-order valence-electron chi connectivity index (χ2n) is 5.96. The largest absolute Gasteiger partial charge is 0.338 e. The van der Waals surface area contributed by atoms with Crippen molar-refractivity contribution in [2.45, 2.75) is 38.3 Å². The molecule has 0 spiro atoms. The van der Waals surface area contributed by atoms with Crippen LogP contribution < -0.4 is 5.32 Å². The molecule has 2 aromatic rings. The van der Waals surface area contributed by atoms with E-state index in [1.54, 1.807) is 11.0 Å². The molecule has 1 unspecified atom stereocenters. The third-order valence-corrected chi connectivity index (χ3v) is 4.43. The Morgan fingerprint density at radius 2 is 2.30 bits per heavy atom. The number of hydrogen-bond donors (Lipinski definition) is 1. The van der Waals surface area contributed by atoms with Crippen LogP contribution in [0.25, 0.3) is 0 Å². The molecule has 23 heavy (non-hydrogen) atoms. The van der Waals surface area contributed by atoms with E-state index in [1.165, 1.54) is 17.5 Å². The normalized spacial score (nSPS) is 16.7. The molecule has 0 saturated carbocycles. The van der Waals surface area contributed by atoms with E-state index in [1.807, 2.05) is 11.9 Å². The zero-order chi connectivity index (χ0) is 16.1. The number of carbonyl (C=O) groups is 1. The number of urea groups is 1. The lowest BCUT2D eigenvalue weighted by Crippen LogP contribution is -2.41. The van der Waals surface area contributed by atoms with Gasteiger partial charge in [0, 0.05) is 20.1 Å². The van der Waals surface area contributed by atoms with Crippen molar-refractivity contribution < 1.29 is 4.79 Å². The summed E-state index contributed by atoms with van der Waals surface area (Å²) in [7, 11) is 1.89. The van der Waals surface area contributed by atoms with E-state index < -0.39 is 0 Å². The van der Waals surface area contributed by atoms with E-state index in [4.69, 9.17) is 0 Å². The highest BCUT2D eigenvalue weighted by molar-refractivity contribution is 5.74. The standard InChI is InChI=1S/C17H23N5O/c1-21(16-9-4-7-14-6-2-3-8-15(14)16)17(23)19-10-5-11-22-13-18-12-20-22/h2-3,6,8,12-13,16H,4-5,7,9-11H2,1H3,(H,19,23). The Kier molecular flexibility index (Phi) is 4.90. The minimum atomic E-state index is -0.00899. The molecule has 3 rings (SSSR count). The Labute approximate surface area is 136 Å². The van der Waals surface area contributed by atoms with Crippen LogP contribution in [0.5, 0.6) is 0 Å². The maximum absolute atomic E-state index is 12.4. The van der Waals surface area contributed by atoms with Crippen molar-refractivity contribution >= 4 is 6.03 Å². The highest BCUT2D eigenvalue weighted by atomic mass is 16.2. The highest BCUT2D eigenvalue weighted by Crippen LogP contribution is 2.33. The molecule has 2 amide bonds. The first-order valence-electron chi connectivity index (χ1n) is 8.16. The quantitative estimate of drug-likeness (QED) is 0.862. The van der Waals surface area contributed by atoms with Crippen molar-refractivity contribution in [3.05, 3.63) is 48.0 Å². The third-order valence-electron chi connectivity index (χ3n) is 4.43. The SMILES string of the molecule is CN(C(=O)NCCCn1cncn1)C1CCCc2ccccc21. The lowest BCUT2D eigenvalue weighted by Gasteiger charge is -2.33. The van der Waals surface area contributed by atoms with Gasteiger partial charge in [-0.2, -0.15) is 5.10 Å². The molecule has 6 nitrogen and oxygen atoms in total. The van der Waals surface area contributed by atoms with Gasteiger partial charge >= 0.3 is 6.03 Å². The first kappa shape index (κ1) is 15.5. The number of hydrogen-bond acceptors (Lipinski definition) is 3. The third kappa shape index (κ3) is 3.70. The summed E-state index contributed by atoms with van der Waals surface area (Å²) in [5, 5.41) is 7.05. The van der Waals surface area contributed by atoms with Crippen molar-refractivity contribution in [1.82, 2.24) is 25.0 Å². The lowest BCUT2D eigenvalue weighted by molar-refractivity contribution is 0.183. The van der Waals surface area contributed by atoms with Gasteiger partial charge in [-0.25, -0.2) is 9.78 Å². The number of aryl methyl sites for hydroxylation is 2. The molecular weight excluding hydrogens is 290 g/mol. The van der Waals surface area contributed by atoms with Crippen LogP contribution in [0.4, 0.5) is 4.79 Å². The predicted octanol–water partition coefficient (Wildman–Crippen LogP) is 2.39. The maximum Gasteiger partial charge on any atom is 0.317 e. The first-order valence-corrected chi connectivity index (χ1v) is 8.16. The van der Waals surface area contributed by atoms with Gasteiger partial charge in [-0.1, -0.05) is 24.3 Å². The van der Waals surface area contributed by atoms with Gasteiger partial charge in [-0.05, 0) is 36.8 Å². The number of rotatable bonds is 5. The molecular formula is C17H23N5O. The lowest BCUT2D eigenvalue weighted by atomic mass is 9.87. The van der Waals surface area contributed by atoms with Crippen LogP contribution in [-0.4, -0.2) is 39.3 Å². The Hall–Kier alpha value is -2.37. The Morgan fingerprint density at radius 3 is 3.13 bits per heavy atom. The van der Waals surface area contributed by atoms with Gasteiger partial charge in [0.25, 0.3) is 0 Å². The molecule has 122 valence electrons. The van der Waals surface area contributed by atoms with E-state index in [0.29, 0.717) is 6.54 Å². The van der Waals surface area contributed by atoms with E-state index >= 15 is 0 Å². The summed E-state index contributed by atoms with van der Waals surface area (Å²) in [5.74, 6) is 0. The predicted molar refractivity (Wildman–Crippen MR) is 87.9 cm³/mol. The average molecular weight is 313 g/mol. The Morgan fingerprint density at radius 1 is 1.43 bits per heavy atom. The Bertz CT molecular complexity index is 640. The molecule has 0 aliphatic heterocycles. The van der Waals surface area contributed by atoms with Crippen LogP contribution in [-0.2, 0) is 13.0 Å². The van der Waals surface area contributed by atoms with E-state index in [0.717, 1.165) is 32.2 Å². The van der Waals surface area contributed by atoms with Crippen LogP contribution >= 0.6 is 0 Å². The zero-order valence-corrected chi connectivity index (χ0v) is 13.5. The van der Waals surface area contributed by atoms with Gasteiger partial charge in [0.2, 0.25) is 0 Å². The molecule has 1 aromatic carbocycles. The zero-order valence-electron chi connectivity index (χ0n) is 13.5. The fourth-order valence-electron chi connectivity index (χ4n) is 3.18. The number of amides is 2. The number of benzene rings is 1. The minimum absolute atomic E-state index is 0.00899. The van der Waals surface area contributed by atoms with Crippen LogP contribution in [0.1, 0.15) is 36.4 Å². The summed E-state index contributed by atoms with van der Waals surface area (Å²) in [5.41, 5.74) is 2.66. The summed E-state index contributed by atoms with van der Waals surface area (Å²) in [6.07, 6.45) is 7.31. The molecule has 1 aromatic heterocycles. The molecule has 0 fully saturated rings. The first-order chi connectivity index (χ1) is 11.3. The molecule has 0 bridgehead atoms. The molecule has 0 radical (unpaired) electrons. The number of aromatic nitrogens is 3. The van der Waals surface area contributed by atoms with Crippen molar-refractivity contribution in [3.8, 4) is 0 Å². The number of fused-ring (bicyclic) bond motifs is 1. The highest BCUT2D eigenvalue weighted by Gasteiger charge is 2.26. The van der Waals surface area contributed by atoms with Crippen LogP contribution in [0.15, 0.2) is 36.9 Å². The molecule has 1 heterocycles. The van der Waals surface area contributed by atoms with Gasteiger partial charge in [0.1, 0.15) is 12.7 Å². The van der Waals surface area contributed by atoms with Crippen LogP contribution in [0.3, 0.4) is 0 Å². The molecule has 1 aliphatic carbocycles. The fraction of sp³-hybridized carbons (Fsp3) is 0.471. The summed E-state index contributed by atoms with van der Waals surface area (Å²) < 4.78 is 1.77. The van der Waals surface area contributed by atoms with E-state index in [-0.39, 0.29) is 12.1 Å². The summed E-state index contributed by atoms with van der Waals surface area (Å²) >= 11 is 0. The molecule has 1 aliphatic rings. The molecule has 1 atom stereocenters. The van der Waals surface area contributed by atoms with Gasteiger partial charge in [0.05, 0.1) is 6.04 Å². The van der Waals surface area contributed by atoms with Crippen molar-refractivity contribution in [2.24, 2.45) is 0 Å². The Balaban J connectivity index is 1.51. The minimum Gasteiger partial charge on any atom is -0.338 e. The van der Waals surface area contributed by atoms with Gasteiger partial charge in [-0.3, -0.25) is 4.68 Å². The van der Waals surface area contributed by atoms with Crippen molar-refractivity contribution in [1.29, 1.82) is 0 Å². The fourth-order valence-corrected chi connectivity index (χ4v) is 3.18. The second-order valence-corrected chi connectivity index (χ2v) is 5.96. The number of carbonyl (C=O) groups excluding carboxylic acids is 1. The smallest absolute Gasteiger partial charge is 0.317 e. The van der Waals surface area contributed by atoms with Gasteiger partial charge in [0.15, 0.2) is 0 Å². The van der Waals surface area contributed by atoms with Crippen LogP contribution in [0, 0.1) is 0 Å². The average Bonchev–Trinajstić information content (AvgIpc) is 3.11. The number of nitrogens with one attached hydrogen (secondary N) is 1. The number of nitrogens with zero attached hydrogens (tertiary/aromatic N) is 4. The second kappa shape index (κ2) is 7.26. The monoisotopic (exact) mass is 313 g/mol. The van der Waals surface area contributed by atoms with E-state index in [9.17, 15) is 4.79 Å². The van der Waals surface area contributed by atoms with Crippen molar-refractivity contribution in [2.75, 3.05) is 13.6 Å². The summed E-state index contributed by atoms with van der Waals surface area (Å²) in [6, 6.07) is 8.62. The topological polar surface area (TPSA) is 63.1 Å². The van der Waals surface area contributed by atoms with Crippen molar-refractivity contribution in [3.63, 3.8) is 0 Å². The molecule has 6 heteroatoms. The summed E-state index contributed by atoms with van der Waals surface area (Å²) in [4.78, 5) is 18.1. The maximum atomic E-state index is 12.4. The van der Waals surface area contributed by atoms with E-state index in [2.05, 4.69) is 39.7 Å². The summed E-state index contributed by atoms with van der Waals surface area (Å²) in [6.45, 7) is 1.40. The van der Waals surface area contributed by atoms with Gasteiger partial charge in [-0.15, -0.1) is 0 Å². The van der Waals surface area contributed by atoms with Gasteiger partial charge < -0.3 is 10.2 Å². The molecule has 0 saturated heterocycles. The molecule has 1 N–H and O–H groups in total.